The van der Waals surface area contributed by atoms with E-state index in [9.17, 15) is 15.3 Å². The van der Waals surface area contributed by atoms with E-state index in [1.54, 1.807) is 0 Å². The maximum atomic E-state index is 11.5. The quantitative estimate of drug-likeness (QED) is 0.637. The molecule has 28 heavy (non-hydrogen) atoms. The van der Waals surface area contributed by atoms with Crippen molar-refractivity contribution in [2.75, 3.05) is 13.2 Å². The minimum absolute atomic E-state index is 0.119. The first-order chi connectivity index (χ1) is 13.2. The lowest BCUT2D eigenvalue weighted by atomic mass is 9.43. The van der Waals surface area contributed by atoms with E-state index < -0.39 is 11.9 Å². The van der Waals surface area contributed by atoms with Gasteiger partial charge in [0.2, 0.25) is 0 Å². The van der Waals surface area contributed by atoms with Crippen molar-refractivity contribution in [1.29, 1.82) is 0 Å². The molecule has 0 spiro atoms. The number of hydrogen-bond acceptors (Lipinski definition) is 5. The summed E-state index contributed by atoms with van der Waals surface area (Å²) in [6, 6.07) is 0. The summed E-state index contributed by atoms with van der Waals surface area (Å²) in [7, 11) is 0. The Bertz CT molecular complexity index is 618. The molecule has 0 aromatic heterocycles. The first kappa shape index (κ1) is 19.7. The summed E-state index contributed by atoms with van der Waals surface area (Å²) < 4.78 is 12.1. The van der Waals surface area contributed by atoms with Crippen LogP contribution in [-0.4, -0.2) is 52.6 Å². The highest BCUT2D eigenvalue weighted by atomic mass is 16.7. The lowest BCUT2D eigenvalue weighted by molar-refractivity contribution is -0.251. The fraction of sp³-hybridized carbons (Fsp3) is 1.00. The van der Waals surface area contributed by atoms with Gasteiger partial charge >= 0.3 is 0 Å². The van der Waals surface area contributed by atoms with Gasteiger partial charge in [-0.3, -0.25) is 0 Å². The Morgan fingerprint density at radius 1 is 0.821 bits per heavy atom. The summed E-state index contributed by atoms with van der Waals surface area (Å²) in [4.78, 5) is 0. The molecule has 5 fully saturated rings. The van der Waals surface area contributed by atoms with E-state index in [-0.39, 0.29) is 34.9 Å². The first-order valence-electron chi connectivity index (χ1n) is 11.5. The van der Waals surface area contributed by atoms with Gasteiger partial charge in [0.1, 0.15) is 0 Å². The van der Waals surface area contributed by atoms with Crippen molar-refractivity contribution in [1.82, 2.24) is 0 Å². The highest BCUT2D eigenvalue weighted by Crippen LogP contribution is 2.69. The van der Waals surface area contributed by atoms with Crippen LogP contribution in [0.4, 0.5) is 0 Å². The zero-order valence-corrected chi connectivity index (χ0v) is 17.6. The summed E-state index contributed by atoms with van der Waals surface area (Å²) in [6.07, 6.45) is 5.28. The van der Waals surface area contributed by atoms with Gasteiger partial charge in [-0.15, -0.1) is 0 Å². The number of ether oxygens (including phenoxy) is 2. The molecule has 0 aromatic carbocycles. The smallest absolute Gasteiger partial charge is 0.169 e. The van der Waals surface area contributed by atoms with Gasteiger partial charge in [-0.25, -0.2) is 0 Å². The topological polar surface area (TPSA) is 79.2 Å². The van der Waals surface area contributed by atoms with Crippen molar-refractivity contribution in [2.45, 2.75) is 89.8 Å². The molecule has 5 aliphatic rings. The van der Waals surface area contributed by atoms with Crippen molar-refractivity contribution >= 4 is 0 Å². The highest BCUT2D eigenvalue weighted by Gasteiger charge is 2.68. The average molecular weight is 395 g/mol. The molecule has 4 saturated carbocycles. The minimum Gasteiger partial charge on any atom is -0.393 e. The molecule has 0 radical (unpaired) electrons. The molecule has 3 N–H and O–H groups in total. The lowest BCUT2D eigenvalue weighted by Crippen LogP contribution is -2.63. The molecule has 5 rings (SSSR count). The zero-order valence-electron chi connectivity index (χ0n) is 17.6. The molecule has 5 nitrogen and oxygen atoms in total. The van der Waals surface area contributed by atoms with E-state index in [0.29, 0.717) is 31.0 Å². The third kappa shape index (κ3) is 2.49. The van der Waals surface area contributed by atoms with Crippen LogP contribution in [-0.2, 0) is 9.47 Å². The second kappa shape index (κ2) is 6.40. The van der Waals surface area contributed by atoms with E-state index in [1.165, 1.54) is 0 Å². The zero-order chi connectivity index (χ0) is 19.9. The molecule has 5 heteroatoms. The fourth-order valence-electron chi connectivity index (χ4n) is 8.75. The predicted octanol–water partition coefficient (Wildman–Crippen LogP) is 2.71. The molecule has 0 aromatic rings. The van der Waals surface area contributed by atoms with Crippen molar-refractivity contribution in [3.05, 3.63) is 0 Å². The molecule has 160 valence electrons. The maximum absolute atomic E-state index is 11.5. The van der Waals surface area contributed by atoms with Crippen molar-refractivity contribution < 1.29 is 24.8 Å². The summed E-state index contributed by atoms with van der Waals surface area (Å²) in [5.41, 5.74) is -0.160. The number of aliphatic hydroxyl groups is 3. The van der Waals surface area contributed by atoms with Crippen LogP contribution in [0.5, 0.6) is 0 Å². The summed E-state index contributed by atoms with van der Waals surface area (Å²) >= 11 is 0. The Hall–Kier alpha value is -0.200. The first-order valence-corrected chi connectivity index (χ1v) is 11.5. The number of aliphatic hydroxyl groups excluding tert-OH is 3. The predicted molar refractivity (Wildman–Crippen MR) is 104 cm³/mol. The van der Waals surface area contributed by atoms with Crippen LogP contribution in [0.25, 0.3) is 0 Å². The number of fused-ring (bicyclic) bond motifs is 5. The highest BCUT2D eigenvalue weighted by molar-refractivity contribution is 5.15. The van der Waals surface area contributed by atoms with E-state index in [2.05, 4.69) is 13.8 Å². The minimum atomic E-state index is -0.613. The van der Waals surface area contributed by atoms with E-state index in [1.807, 2.05) is 6.92 Å². The van der Waals surface area contributed by atoms with Crippen LogP contribution >= 0.6 is 0 Å². The Morgan fingerprint density at radius 3 is 2.25 bits per heavy atom. The van der Waals surface area contributed by atoms with Gasteiger partial charge in [0, 0.05) is 11.3 Å². The summed E-state index contributed by atoms with van der Waals surface area (Å²) in [5.74, 6) is 0.780. The molecule has 0 bridgehead atoms. The summed E-state index contributed by atoms with van der Waals surface area (Å²) in [5, 5.41) is 33.0. The van der Waals surface area contributed by atoms with Gasteiger partial charge in [0.05, 0.1) is 31.5 Å². The number of rotatable bonds is 1. The fourth-order valence-corrected chi connectivity index (χ4v) is 8.75. The third-order valence-corrected chi connectivity index (χ3v) is 10.3. The van der Waals surface area contributed by atoms with Crippen molar-refractivity contribution in [3.8, 4) is 0 Å². The molecule has 1 heterocycles. The van der Waals surface area contributed by atoms with Gasteiger partial charge < -0.3 is 24.8 Å². The molecule has 4 aliphatic carbocycles. The maximum Gasteiger partial charge on any atom is 0.169 e. The van der Waals surface area contributed by atoms with Gasteiger partial charge in [-0.2, -0.15) is 0 Å². The number of hydrogen-bond donors (Lipinski definition) is 3. The van der Waals surface area contributed by atoms with Gasteiger partial charge in [0.25, 0.3) is 0 Å². The molecular formula is C23H38O5. The van der Waals surface area contributed by atoms with Gasteiger partial charge in [-0.1, -0.05) is 13.8 Å². The SMILES string of the molecule is CC1([C@H]2CC[C@H]3[C@@H]4[C@H](O)C[C@@H]5C[C@H](O)CC[C@]5(C)[C@H]4C[C@H](O)[C@]23C)OCCO1. The molecule has 0 amide bonds. The Kier molecular flexibility index (Phi) is 4.51. The van der Waals surface area contributed by atoms with Crippen LogP contribution in [0.1, 0.15) is 65.7 Å². The van der Waals surface area contributed by atoms with Crippen molar-refractivity contribution in [3.63, 3.8) is 0 Å². The van der Waals surface area contributed by atoms with Crippen molar-refractivity contribution in [2.24, 2.45) is 40.4 Å². The Morgan fingerprint density at radius 2 is 1.54 bits per heavy atom. The van der Waals surface area contributed by atoms with Gasteiger partial charge in [0.15, 0.2) is 5.79 Å². The Labute approximate surface area is 168 Å². The Balaban J connectivity index is 1.49. The average Bonchev–Trinajstić information content (AvgIpc) is 3.23. The van der Waals surface area contributed by atoms with Crippen LogP contribution in [0.3, 0.4) is 0 Å². The lowest BCUT2D eigenvalue weighted by Gasteiger charge is -2.63. The van der Waals surface area contributed by atoms with E-state index >= 15 is 0 Å². The normalized spacial score (nSPS) is 58.1. The largest absolute Gasteiger partial charge is 0.393 e. The standard InChI is InChI=1S/C23H38O5/c1-21-7-6-14(24)10-13(21)11-17(25)20-15-4-5-18(23(3)27-8-9-28-23)22(15,2)19(26)12-16(20)21/h13-20,24-26H,4-12H2,1-3H3/t13-,14+,15-,16-,17+,18-,19-,20-,21-,22-/m0/s1. The molecule has 0 unspecified atom stereocenters. The third-order valence-electron chi connectivity index (χ3n) is 10.3. The van der Waals surface area contributed by atoms with Crippen LogP contribution in [0.2, 0.25) is 0 Å². The molecule has 1 aliphatic heterocycles. The summed E-state index contributed by atoms with van der Waals surface area (Å²) in [6.45, 7) is 7.91. The molecular weight excluding hydrogens is 356 g/mol. The van der Waals surface area contributed by atoms with E-state index in [4.69, 9.17) is 9.47 Å². The monoisotopic (exact) mass is 394 g/mol. The van der Waals surface area contributed by atoms with Crippen LogP contribution in [0.15, 0.2) is 0 Å². The van der Waals surface area contributed by atoms with E-state index in [0.717, 1.165) is 44.9 Å². The van der Waals surface area contributed by atoms with Crippen LogP contribution in [0, 0.1) is 40.4 Å². The second-order valence-electron chi connectivity index (χ2n) is 11.2. The second-order valence-corrected chi connectivity index (χ2v) is 11.2. The van der Waals surface area contributed by atoms with Crippen LogP contribution < -0.4 is 0 Å². The molecule has 1 saturated heterocycles. The van der Waals surface area contributed by atoms with Gasteiger partial charge in [-0.05, 0) is 81.0 Å². The molecule has 10 atom stereocenters.